The monoisotopic (exact) mass is 238 g/mol. The van der Waals surface area contributed by atoms with E-state index in [-0.39, 0.29) is 5.75 Å². The molecule has 1 rings (SSSR count). The van der Waals surface area contributed by atoms with Crippen molar-refractivity contribution in [2.45, 2.75) is 19.2 Å². The van der Waals surface area contributed by atoms with Crippen LogP contribution >= 0.6 is 20.8 Å². The average Bonchev–Trinajstić information content (AvgIpc) is 1.99. The summed E-state index contributed by atoms with van der Waals surface area (Å²) in [7, 11) is 1.31. The van der Waals surface area contributed by atoms with Gasteiger partial charge in [0.05, 0.1) is 0 Å². The van der Waals surface area contributed by atoms with Gasteiger partial charge in [-0.2, -0.15) is 8.78 Å². The molecule has 0 spiro atoms. The van der Waals surface area contributed by atoms with E-state index in [2.05, 4.69) is 4.74 Å². The van der Waals surface area contributed by atoms with Crippen molar-refractivity contribution < 1.29 is 13.5 Å². The number of rotatable bonds is 3. The van der Waals surface area contributed by atoms with Gasteiger partial charge >= 0.3 is 5.85 Å². The molecule has 0 bridgehead atoms. The minimum absolute atomic E-state index is 0.0781. The number of ether oxygens (including phenoxy) is 1. The van der Waals surface area contributed by atoms with Gasteiger partial charge in [0.25, 0.3) is 0 Å². The lowest BCUT2D eigenvalue weighted by molar-refractivity contribution is -0.0892. The topological polar surface area (TPSA) is 9.23 Å². The van der Waals surface area contributed by atoms with Crippen LogP contribution in [0.3, 0.4) is 0 Å². The molecule has 0 heterocycles. The first kappa shape index (κ1) is 11.7. The average molecular weight is 239 g/mol. The Bertz CT molecular complexity index is 325. The second-order valence-electron chi connectivity index (χ2n) is 2.81. The molecule has 78 valence electrons. The van der Waals surface area contributed by atoms with E-state index in [0.717, 1.165) is 12.0 Å². The van der Waals surface area contributed by atoms with Gasteiger partial charge in [0.1, 0.15) is 5.75 Å². The zero-order chi connectivity index (χ0) is 10.8. The highest BCUT2D eigenvalue weighted by Gasteiger charge is 2.23. The number of alkyl halides is 2. The summed E-state index contributed by atoms with van der Waals surface area (Å²) < 4.78 is 29.3. The molecule has 0 aliphatic rings. The van der Waals surface area contributed by atoms with Crippen molar-refractivity contribution in [2.24, 2.45) is 0 Å². The van der Waals surface area contributed by atoms with Crippen molar-refractivity contribution in [1.82, 2.24) is 0 Å². The van der Waals surface area contributed by atoms with Crippen LogP contribution in [0.1, 0.15) is 12.5 Å². The van der Waals surface area contributed by atoms with E-state index >= 15 is 0 Å². The number of halogens is 3. The molecule has 5 heteroatoms. The maximum Gasteiger partial charge on any atom is 0.408 e. The van der Waals surface area contributed by atoms with E-state index in [0.29, 0.717) is 5.02 Å². The van der Waals surface area contributed by atoms with E-state index < -0.39 is 5.85 Å². The van der Waals surface area contributed by atoms with Crippen LogP contribution < -0.4 is 4.74 Å². The smallest absolute Gasteiger partial charge is 0.408 e. The molecule has 1 unspecified atom stereocenters. The van der Waals surface area contributed by atoms with Gasteiger partial charge < -0.3 is 4.74 Å². The predicted octanol–water partition coefficient (Wildman–Crippen LogP) is 3.71. The van der Waals surface area contributed by atoms with Crippen molar-refractivity contribution in [3.05, 3.63) is 28.8 Å². The number of aryl methyl sites for hydroxylation is 1. The quantitative estimate of drug-likeness (QED) is 0.730. The summed E-state index contributed by atoms with van der Waals surface area (Å²) in [5.41, 5.74) is 0.863. The molecule has 0 amide bonds. The van der Waals surface area contributed by atoms with Crippen molar-refractivity contribution in [1.29, 1.82) is 0 Å². The van der Waals surface area contributed by atoms with Crippen molar-refractivity contribution in [3.8, 4) is 5.75 Å². The first-order valence-corrected chi connectivity index (χ1v) is 5.01. The summed E-state index contributed by atoms with van der Waals surface area (Å²) >= 11 is 5.73. The molecule has 1 nitrogen and oxygen atoms in total. The second kappa shape index (κ2) is 4.41. The molecule has 1 aromatic carbocycles. The lowest BCUT2D eigenvalue weighted by Gasteiger charge is -2.13. The fourth-order valence-corrected chi connectivity index (χ4v) is 1.42. The summed E-state index contributed by atoms with van der Waals surface area (Å²) in [5, 5.41) is 0.397. The second-order valence-corrected chi connectivity index (χ2v) is 3.92. The third-order valence-electron chi connectivity index (χ3n) is 1.59. The minimum atomic E-state index is -3.25. The number of hydrogen-bond donors (Lipinski definition) is 0. The molecule has 1 aromatic rings. The Morgan fingerprint density at radius 1 is 1.43 bits per heavy atom. The van der Waals surface area contributed by atoms with E-state index in [4.69, 9.17) is 11.6 Å². The van der Waals surface area contributed by atoms with Crippen molar-refractivity contribution >= 4 is 20.8 Å². The fourth-order valence-electron chi connectivity index (χ4n) is 1.04. The molecule has 0 saturated heterocycles. The summed E-state index contributed by atoms with van der Waals surface area (Å²) in [6, 6.07) is 4.62. The van der Waals surface area contributed by atoms with Crippen LogP contribution in [-0.4, -0.2) is 5.85 Å². The zero-order valence-electron chi connectivity index (χ0n) is 7.56. The van der Waals surface area contributed by atoms with Crippen LogP contribution in [0.4, 0.5) is 8.78 Å². The Morgan fingerprint density at radius 3 is 2.57 bits per heavy atom. The maximum atomic E-state index is 12.5. The first-order valence-electron chi connectivity index (χ1n) is 4.06. The number of benzene rings is 1. The summed E-state index contributed by atoms with van der Waals surface area (Å²) in [4.78, 5) is 0. The summed E-state index contributed by atoms with van der Waals surface area (Å²) in [5.74, 6) is -3.18. The Hall–Kier alpha value is -0.400. The Kier molecular flexibility index (Phi) is 3.68. The molecule has 0 saturated carbocycles. The van der Waals surface area contributed by atoms with Crippen molar-refractivity contribution in [3.63, 3.8) is 0 Å². The lowest BCUT2D eigenvalue weighted by atomic mass is 10.2. The molecule has 0 fully saturated rings. The molecule has 0 radical (unpaired) electrons. The number of hydrogen-bond acceptors (Lipinski definition) is 1. The van der Waals surface area contributed by atoms with E-state index in [9.17, 15) is 8.78 Å². The van der Waals surface area contributed by atoms with Crippen molar-refractivity contribution in [2.75, 3.05) is 0 Å². The van der Waals surface area contributed by atoms with E-state index in [1.165, 1.54) is 15.3 Å². The standard InChI is InChI=1S/C9H10ClF2OP/c1-2-6-3-7(10)5-8(4-6)13-9(11,12)14/h3-5H,2,14H2,1H3. The summed E-state index contributed by atoms with van der Waals surface area (Å²) in [6.45, 7) is 1.91. The van der Waals surface area contributed by atoms with Crippen LogP contribution in [-0.2, 0) is 6.42 Å². The third kappa shape index (κ3) is 3.77. The molecule has 0 aromatic heterocycles. The Balaban J connectivity index is 2.92. The van der Waals surface area contributed by atoms with Gasteiger partial charge in [-0.25, -0.2) is 0 Å². The lowest BCUT2D eigenvalue weighted by Crippen LogP contribution is -2.14. The van der Waals surface area contributed by atoms with Crippen LogP contribution in [0.25, 0.3) is 0 Å². The molecule has 0 aliphatic heterocycles. The van der Waals surface area contributed by atoms with E-state index in [1.54, 1.807) is 12.1 Å². The molecule has 14 heavy (non-hydrogen) atoms. The third-order valence-corrected chi connectivity index (χ3v) is 1.93. The van der Waals surface area contributed by atoms with Gasteiger partial charge in [0.2, 0.25) is 0 Å². The van der Waals surface area contributed by atoms with Crippen LogP contribution in [0, 0.1) is 0 Å². The largest absolute Gasteiger partial charge is 0.430 e. The molecule has 1 atom stereocenters. The highest BCUT2D eigenvalue weighted by Crippen LogP contribution is 2.29. The minimum Gasteiger partial charge on any atom is -0.430 e. The van der Waals surface area contributed by atoms with Gasteiger partial charge in [-0.3, -0.25) is 0 Å². The normalized spacial score (nSPS) is 11.5. The SMILES string of the molecule is CCc1cc(Cl)cc(OC(F)(F)P)c1. The molecule has 0 N–H and O–H groups in total. The van der Waals surface area contributed by atoms with Gasteiger partial charge in [-0.15, -0.1) is 0 Å². The molecular weight excluding hydrogens is 229 g/mol. The predicted molar refractivity (Wildman–Crippen MR) is 56.1 cm³/mol. The maximum absolute atomic E-state index is 12.5. The highest BCUT2D eigenvalue weighted by molar-refractivity contribution is 7.17. The van der Waals surface area contributed by atoms with Gasteiger partial charge in [0, 0.05) is 5.02 Å². The molecule has 0 aliphatic carbocycles. The highest BCUT2D eigenvalue weighted by atomic mass is 35.5. The van der Waals surface area contributed by atoms with Gasteiger partial charge in [0.15, 0.2) is 0 Å². The van der Waals surface area contributed by atoms with Crippen LogP contribution in [0.2, 0.25) is 5.02 Å². The van der Waals surface area contributed by atoms with Crippen LogP contribution in [0.15, 0.2) is 18.2 Å². The first-order chi connectivity index (χ1) is 6.40. The zero-order valence-corrected chi connectivity index (χ0v) is 9.47. The van der Waals surface area contributed by atoms with Gasteiger partial charge in [-0.05, 0) is 39.4 Å². The molecular formula is C9H10ClF2OP. The fraction of sp³-hybridized carbons (Fsp3) is 0.333. The van der Waals surface area contributed by atoms with Gasteiger partial charge in [-0.1, -0.05) is 18.5 Å². The summed E-state index contributed by atoms with van der Waals surface area (Å²) in [6.07, 6.45) is 0.722. The Morgan fingerprint density at radius 2 is 2.07 bits per heavy atom. The Labute approximate surface area is 88.6 Å². The van der Waals surface area contributed by atoms with Crippen LogP contribution in [0.5, 0.6) is 5.75 Å². The van der Waals surface area contributed by atoms with E-state index in [1.807, 2.05) is 6.92 Å².